The van der Waals surface area contributed by atoms with Gasteiger partial charge in [-0.15, -0.1) is 0 Å². The topological polar surface area (TPSA) is 40.2 Å². The molecule has 0 aromatic carbocycles. The lowest BCUT2D eigenvalue weighted by molar-refractivity contribution is 0.406. The number of piperazine rings is 1. The zero-order chi connectivity index (χ0) is 13.8. The van der Waals surface area contributed by atoms with Crippen molar-refractivity contribution in [3.63, 3.8) is 0 Å². The predicted octanol–water partition coefficient (Wildman–Crippen LogP) is 2.26. The molecule has 1 aromatic rings. The standard InChI is InChI=1S/C13H20N4.C2H6/c1-9-7-17(8-10(2)16-9)12-4-6-15-13-11(12)3-5-14-13;1-2/h4,6,9-10,16H,3,5,7-8H2,1-2H3,(H,14,15);1-2H3. The molecule has 4 nitrogen and oxygen atoms in total. The zero-order valence-corrected chi connectivity index (χ0v) is 12.5. The molecule has 0 amide bonds. The summed E-state index contributed by atoms with van der Waals surface area (Å²) in [4.78, 5) is 6.90. The molecule has 19 heavy (non-hydrogen) atoms. The maximum Gasteiger partial charge on any atom is 0.131 e. The first-order valence-corrected chi connectivity index (χ1v) is 7.47. The first-order chi connectivity index (χ1) is 9.24. The van der Waals surface area contributed by atoms with Crippen molar-refractivity contribution in [1.29, 1.82) is 0 Å². The van der Waals surface area contributed by atoms with Gasteiger partial charge in [-0.2, -0.15) is 0 Å². The van der Waals surface area contributed by atoms with E-state index in [4.69, 9.17) is 0 Å². The lowest BCUT2D eigenvalue weighted by Crippen LogP contribution is -2.54. The average Bonchev–Trinajstić information content (AvgIpc) is 2.88. The number of hydrogen-bond donors (Lipinski definition) is 2. The van der Waals surface area contributed by atoms with E-state index in [2.05, 4.69) is 40.4 Å². The third-order valence-corrected chi connectivity index (χ3v) is 3.60. The molecule has 0 bridgehead atoms. The lowest BCUT2D eigenvalue weighted by Gasteiger charge is -2.38. The van der Waals surface area contributed by atoms with E-state index in [1.807, 2.05) is 20.0 Å². The molecule has 2 atom stereocenters. The fourth-order valence-corrected chi connectivity index (χ4v) is 3.01. The maximum atomic E-state index is 4.40. The molecule has 3 heterocycles. The Hall–Kier alpha value is -1.29. The quantitative estimate of drug-likeness (QED) is 0.814. The van der Waals surface area contributed by atoms with Crippen molar-refractivity contribution in [3.05, 3.63) is 17.8 Å². The number of fused-ring (bicyclic) bond motifs is 1. The first-order valence-electron chi connectivity index (χ1n) is 7.47. The van der Waals surface area contributed by atoms with Gasteiger partial charge in [0.2, 0.25) is 0 Å². The SMILES string of the molecule is CC.CC1CN(c2ccnc3c2CCN3)CC(C)N1. The van der Waals surface area contributed by atoms with Crippen LogP contribution in [0.3, 0.4) is 0 Å². The number of anilines is 2. The van der Waals surface area contributed by atoms with Crippen molar-refractivity contribution in [2.75, 3.05) is 29.9 Å². The number of rotatable bonds is 1. The number of pyridine rings is 1. The normalized spacial score (nSPS) is 25.2. The Bertz CT molecular complexity index is 409. The maximum absolute atomic E-state index is 4.40. The van der Waals surface area contributed by atoms with Crippen LogP contribution in [-0.2, 0) is 6.42 Å². The van der Waals surface area contributed by atoms with Crippen LogP contribution < -0.4 is 15.5 Å². The van der Waals surface area contributed by atoms with Crippen molar-refractivity contribution < 1.29 is 0 Å². The van der Waals surface area contributed by atoms with E-state index in [9.17, 15) is 0 Å². The molecule has 0 spiro atoms. The van der Waals surface area contributed by atoms with Gasteiger partial charge in [-0.1, -0.05) is 13.8 Å². The van der Waals surface area contributed by atoms with Crippen molar-refractivity contribution in [3.8, 4) is 0 Å². The van der Waals surface area contributed by atoms with E-state index >= 15 is 0 Å². The van der Waals surface area contributed by atoms with Gasteiger partial charge in [-0.25, -0.2) is 4.98 Å². The van der Waals surface area contributed by atoms with E-state index in [0.717, 1.165) is 31.9 Å². The van der Waals surface area contributed by atoms with Gasteiger partial charge in [0.05, 0.1) is 0 Å². The Morgan fingerprint density at radius 2 is 1.89 bits per heavy atom. The Labute approximate surface area is 116 Å². The summed E-state index contributed by atoms with van der Waals surface area (Å²) < 4.78 is 0. The highest BCUT2D eigenvalue weighted by atomic mass is 15.2. The monoisotopic (exact) mass is 262 g/mol. The highest BCUT2D eigenvalue weighted by Gasteiger charge is 2.25. The second-order valence-electron chi connectivity index (χ2n) is 5.21. The summed E-state index contributed by atoms with van der Waals surface area (Å²) in [6.07, 6.45) is 3.02. The Kier molecular flexibility index (Phi) is 4.64. The van der Waals surface area contributed by atoms with Gasteiger partial charge >= 0.3 is 0 Å². The van der Waals surface area contributed by atoms with Crippen LogP contribution in [0.15, 0.2) is 12.3 Å². The third-order valence-electron chi connectivity index (χ3n) is 3.60. The van der Waals surface area contributed by atoms with Crippen LogP contribution in [-0.4, -0.2) is 36.7 Å². The van der Waals surface area contributed by atoms with E-state index in [1.165, 1.54) is 11.3 Å². The highest BCUT2D eigenvalue weighted by molar-refractivity contribution is 5.66. The summed E-state index contributed by atoms with van der Waals surface area (Å²) in [6, 6.07) is 3.27. The van der Waals surface area contributed by atoms with Gasteiger partial charge in [-0.3, -0.25) is 0 Å². The summed E-state index contributed by atoms with van der Waals surface area (Å²) in [5.74, 6) is 1.08. The van der Waals surface area contributed by atoms with Crippen LogP contribution in [0.1, 0.15) is 33.3 Å². The van der Waals surface area contributed by atoms with Crippen LogP contribution in [0.25, 0.3) is 0 Å². The molecular formula is C15H26N4. The molecule has 106 valence electrons. The Morgan fingerprint density at radius 3 is 2.58 bits per heavy atom. The molecule has 0 saturated carbocycles. The second kappa shape index (κ2) is 6.24. The third kappa shape index (κ3) is 3.00. The molecule has 0 radical (unpaired) electrons. The van der Waals surface area contributed by atoms with Crippen molar-refractivity contribution in [1.82, 2.24) is 10.3 Å². The van der Waals surface area contributed by atoms with Crippen molar-refractivity contribution in [2.45, 2.75) is 46.2 Å². The second-order valence-corrected chi connectivity index (χ2v) is 5.21. The van der Waals surface area contributed by atoms with E-state index in [0.29, 0.717) is 12.1 Å². The largest absolute Gasteiger partial charge is 0.369 e. The molecule has 3 rings (SSSR count). The molecule has 1 aromatic heterocycles. The smallest absolute Gasteiger partial charge is 0.131 e. The summed E-state index contributed by atoms with van der Waals surface area (Å²) in [6.45, 7) is 11.7. The molecule has 4 heteroatoms. The van der Waals surface area contributed by atoms with Crippen LogP contribution in [0, 0.1) is 0 Å². The van der Waals surface area contributed by atoms with Crippen molar-refractivity contribution >= 4 is 11.5 Å². The zero-order valence-electron chi connectivity index (χ0n) is 12.5. The van der Waals surface area contributed by atoms with Gasteiger partial charge in [0.15, 0.2) is 0 Å². The number of nitrogens with zero attached hydrogens (tertiary/aromatic N) is 2. The minimum Gasteiger partial charge on any atom is -0.369 e. The van der Waals surface area contributed by atoms with Crippen LogP contribution in [0.5, 0.6) is 0 Å². The van der Waals surface area contributed by atoms with Crippen LogP contribution in [0.2, 0.25) is 0 Å². The van der Waals surface area contributed by atoms with Gasteiger partial charge in [0.25, 0.3) is 0 Å². The molecule has 1 saturated heterocycles. The van der Waals surface area contributed by atoms with Crippen molar-refractivity contribution in [2.24, 2.45) is 0 Å². The van der Waals surface area contributed by atoms with E-state index in [1.54, 1.807) is 0 Å². The lowest BCUT2D eigenvalue weighted by atomic mass is 10.1. The predicted molar refractivity (Wildman–Crippen MR) is 82.1 cm³/mol. The first kappa shape index (κ1) is 14.1. The molecular weight excluding hydrogens is 236 g/mol. The number of nitrogens with one attached hydrogen (secondary N) is 2. The summed E-state index contributed by atoms with van der Waals surface area (Å²) in [5.41, 5.74) is 2.77. The molecule has 2 unspecified atom stereocenters. The summed E-state index contributed by atoms with van der Waals surface area (Å²) >= 11 is 0. The Morgan fingerprint density at radius 1 is 1.21 bits per heavy atom. The summed E-state index contributed by atoms with van der Waals surface area (Å²) in [5, 5.41) is 6.92. The van der Waals surface area contributed by atoms with Gasteiger partial charge in [0.1, 0.15) is 5.82 Å². The van der Waals surface area contributed by atoms with Gasteiger partial charge in [-0.05, 0) is 26.3 Å². The molecule has 0 aliphatic carbocycles. The fraction of sp³-hybridized carbons (Fsp3) is 0.667. The van der Waals surface area contributed by atoms with E-state index < -0.39 is 0 Å². The Balaban J connectivity index is 0.000000637. The van der Waals surface area contributed by atoms with Crippen LogP contribution >= 0.6 is 0 Å². The van der Waals surface area contributed by atoms with E-state index in [-0.39, 0.29) is 0 Å². The molecule has 1 fully saturated rings. The molecule has 2 N–H and O–H groups in total. The fourth-order valence-electron chi connectivity index (χ4n) is 3.01. The van der Waals surface area contributed by atoms with Crippen LogP contribution in [0.4, 0.5) is 11.5 Å². The molecule has 2 aliphatic rings. The molecule has 2 aliphatic heterocycles. The summed E-state index contributed by atoms with van der Waals surface area (Å²) in [7, 11) is 0. The van der Waals surface area contributed by atoms with Gasteiger partial charge in [0, 0.05) is 49.2 Å². The number of hydrogen-bond acceptors (Lipinski definition) is 4. The highest BCUT2D eigenvalue weighted by Crippen LogP contribution is 2.30. The number of aromatic nitrogens is 1. The average molecular weight is 262 g/mol. The minimum absolute atomic E-state index is 0.553. The minimum atomic E-state index is 0.553. The van der Waals surface area contributed by atoms with Gasteiger partial charge < -0.3 is 15.5 Å².